The quantitative estimate of drug-likeness (QED) is 0.817. The number of anilines is 1. The Morgan fingerprint density at radius 1 is 0.964 bits per heavy atom. The number of urea groups is 1. The first-order valence-electron chi connectivity index (χ1n) is 9.67. The number of benzene rings is 2. The molecule has 1 saturated heterocycles. The number of hydrogen-bond acceptors (Lipinski definition) is 3. The van der Waals surface area contributed by atoms with E-state index < -0.39 is 11.6 Å². The zero-order valence-electron chi connectivity index (χ0n) is 15.5. The third-order valence-corrected chi connectivity index (χ3v) is 6.16. The van der Waals surface area contributed by atoms with Gasteiger partial charge >= 0.3 is 6.03 Å². The molecule has 0 aromatic heterocycles. The molecule has 1 spiro atoms. The van der Waals surface area contributed by atoms with E-state index in [0.29, 0.717) is 19.4 Å². The number of hydrogen-bond donors (Lipinski definition) is 1. The van der Waals surface area contributed by atoms with Gasteiger partial charge in [0.05, 0.1) is 0 Å². The monoisotopic (exact) mass is 375 g/mol. The Morgan fingerprint density at radius 2 is 1.68 bits per heavy atom. The van der Waals surface area contributed by atoms with Crippen molar-refractivity contribution in [1.29, 1.82) is 0 Å². The van der Waals surface area contributed by atoms with Crippen LogP contribution in [0.15, 0.2) is 48.5 Å². The molecule has 6 heteroatoms. The smallest absolute Gasteiger partial charge is 0.323 e. The first-order chi connectivity index (χ1) is 13.6. The van der Waals surface area contributed by atoms with Gasteiger partial charge in [0, 0.05) is 18.7 Å². The van der Waals surface area contributed by atoms with Crippen molar-refractivity contribution >= 4 is 23.5 Å². The van der Waals surface area contributed by atoms with Crippen LogP contribution in [0.1, 0.15) is 23.1 Å². The summed E-state index contributed by atoms with van der Waals surface area (Å²) in [5.74, 6) is -0.505. The third kappa shape index (κ3) is 2.52. The third-order valence-electron chi connectivity index (χ3n) is 6.16. The lowest BCUT2D eigenvalue weighted by Crippen LogP contribution is -2.51. The second kappa shape index (κ2) is 6.19. The second-order valence-corrected chi connectivity index (χ2v) is 7.77. The van der Waals surface area contributed by atoms with Gasteiger partial charge in [-0.15, -0.1) is 0 Å². The predicted molar refractivity (Wildman–Crippen MR) is 104 cm³/mol. The van der Waals surface area contributed by atoms with Crippen molar-refractivity contribution in [2.75, 3.05) is 18.0 Å². The van der Waals surface area contributed by atoms with Crippen molar-refractivity contribution in [3.8, 4) is 0 Å². The second-order valence-electron chi connectivity index (χ2n) is 7.77. The van der Waals surface area contributed by atoms with Gasteiger partial charge < -0.3 is 10.2 Å². The topological polar surface area (TPSA) is 69.7 Å². The molecule has 142 valence electrons. The number of rotatable bonds is 2. The van der Waals surface area contributed by atoms with Crippen molar-refractivity contribution < 1.29 is 14.4 Å². The minimum absolute atomic E-state index is 0.220. The number of carbonyl (C=O) groups excluding carboxylic acids is 3. The summed E-state index contributed by atoms with van der Waals surface area (Å²) in [5.41, 5.74) is 3.38. The molecule has 1 atom stereocenters. The molecule has 2 aromatic rings. The summed E-state index contributed by atoms with van der Waals surface area (Å²) in [6, 6.07) is 15.3. The van der Waals surface area contributed by atoms with Crippen LogP contribution in [0.3, 0.4) is 0 Å². The number of imide groups is 1. The largest absolute Gasteiger partial charge is 0.325 e. The molecule has 0 saturated carbocycles. The van der Waals surface area contributed by atoms with E-state index in [1.165, 1.54) is 5.56 Å². The van der Waals surface area contributed by atoms with Crippen LogP contribution in [0.2, 0.25) is 0 Å². The summed E-state index contributed by atoms with van der Waals surface area (Å²) in [5, 5.41) is 2.89. The number of aryl methyl sites for hydroxylation is 1. The zero-order valence-corrected chi connectivity index (χ0v) is 15.5. The van der Waals surface area contributed by atoms with E-state index in [1.54, 1.807) is 4.90 Å². The van der Waals surface area contributed by atoms with E-state index in [9.17, 15) is 14.4 Å². The SMILES string of the molecule is O=C1NC2(CCc3ccccc3C2)C(=O)N1CC(=O)N1CCc2ccccc21. The van der Waals surface area contributed by atoms with Gasteiger partial charge in [0.2, 0.25) is 5.91 Å². The van der Waals surface area contributed by atoms with Crippen LogP contribution in [-0.4, -0.2) is 41.4 Å². The minimum atomic E-state index is -0.922. The van der Waals surface area contributed by atoms with Gasteiger partial charge in [-0.05, 0) is 42.0 Å². The summed E-state index contributed by atoms with van der Waals surface area (Å²) in [6.45, 7) is 0.364. The maximum Gasteiger partial charge on any atom is 0.325 e. The van der Waals surface area contributed by atoms with Crippen molar-refractivity contribution in [3.63, 3.8) is 0 Å². The van der Waals surface area contributed by atoms with E-state index in [1.807, 2.05) is 42.5 Å². The predicted octanol–water partition coefficient (Wildman–Crippen LogP) is 2.06. The Hall–Kier alpha value is -3.15. The average Bonchev–Trinajstić information content (AvgIpc) is 3.23. The van der Waals surface area contributed by atoms with Crippen LogP contribution >= 0.6 is 0 Å². The molecule has 1 fully saturated rings. The number of carbonyl (C=O) groups is 3. The van der Waals surface area contributed by atoms with Crippen molar-refractivity contribution in [1.82, 2.24) is 10.2 Å². The van der Waals surface area contributed by atoms with Gasteiger partial charge in [0.1, 0.15) is 12.1 Å². The van der Waals surface area contributed by atoms with Crippen LogP contribution < -0.4 is 10.2 Å². The lowest BCUT2D eigenvalue weighted by molar-refractivity contribution is -0.134. The van der Waals surface area contributed by atoms with E-state index in [4.69, 9.17) is 0 Å². The molecule has 5 rings (SSSR count). The molecule has 6 nitrogen and oxygen atoms in total. The Morgan fingerprint density at radius 3 is 2.50 bits per heavy atom. The highest BCUT2D eigenvalue weighted by Gasteiger charge is 2.52. The zero-order chi connectivity index (χ0) is 19.3. The first-order valence-corrected chi connectivity index (χ1v) is 9.67. The Kier molecular flexibility index (Phi) is 3.75. The summed E-state index contributed by atoms with van der Waals surface area (Å²) in [6.07, 6.45) is 2.57. The van der Waals surface area contributed by atoms with Gasteiger partial charge in [-0.3, -0.25) is 14.5 Å². The van der Waals surface area contributed by atoms with Crippen LogP contribution in [0.4, 0.5) is 10.5 Å². The Bertz CT molecular complexity index is 1000. The van der Waals surface area contributed by atoms with Gasteiger partial charge in [-0.25, -0.2) is 4.79 Å². The highest BCUT2D eigenvalue weighted by molar-refractivity contribution is 6.11. The number of nitrogens with one attached hydrogen (secondary N) is 1. The van der Waals surface area contributed by atoms with E-state index >= 15 is 0 Å². The van der Waals surface area contributed by atoms with E-state index in [2.05, 4.69) is 11.4 Å². The number of nitrogens with zero attached hydrogens (tertiary/aromatic N) is 2. The standard InChI is InChI=1S/C22H21N3O3/c26-19(24-12-10-16-6-3-4-8-18(16)24)14-25-20(27)22(23-21(25)28)11-9-15-5-1-2-7-17(15)13-22/h1-8H,9-14H2,(H,23,28). The van der Waals surface area contributed by atoms with Crippen molar-refractivity contribution in [2.45, 2.75) is 31.2 Å². The molecule has 1 aliphatic carbocycles. The molecule has 2 heterocycles. The summed E-state index contributed by atoms with van der Waals surface area (Å²) < 4.78 is 0. The lowest BCUT2D eigenvalue weighted by Gasteiger charge is -2.32. The van der Waals surface area contributed by atoms with Gasteiger partial charge in [0.25, 0.3) is 5.91 Å². The first kappa shape index (κ1) is 17.0. The molecule has 1 unspecified atom stereocenters. The molecule has 2 aliphatic heterocycles. The van der Waals surface area contributed by atoms with E-state index in [-0.39, 0.29) is 18.4 Å². The molecule has 0 bridgehead atoms. The van der Waals surface area contributed by atoms with Gasteiger partial charge in [0.15, 0.2) is 0 Å². The summed E-state index contributed by atoms with van der Waals surface area (Å²) >= 11 is 0. The van der Waals surface area contributed by atoms with Gasteiger partial charge in [-0.2, -0.15) is 0 Å². The minimum Gasteiger partial charge on any atom is -0.323 e. The molecule has 2 aromatic carbocycles. The number of para-hydroxylation sites is 1. The number of amides is 4. The van der Waals surface area contributed by atoms with Crippen LogP contribution in [0, 0.1) is 0 Å². The normalized spacial score (nSPS) is 23.0. The molecule has 3 aliphatic rings. The number of fused-ring (bicyclic) bond motifs is 2. The average molecular weight is 375 g/mol. The van der Waals surface area contributed by atoms with E-state index in [0.717, 1.165) is 34.6 Å². The molecule has 0 radical (unpaired) electrons. The Labute approximate surface area is 163 Å². The molecule has 4 amide bonds. The highest BCUT2D eigenvalue weighted by Crippen LogP contribution is 2.34. The fourth-order valence-electron chi connectivity index (χ4n) is 4.66. The maximum atomic E-state index is 13.2. The molecule has 28 heavy (non-hydrogen) atoms. The summed E-state index contributed by atoms with van der Waals surface area (Å²) in [7, 11) is 0. The van der Waals surface area contributed by atoms with Crippen LogP contribution in [0.25, 0.3) is 0 Å². The Balaban J connectivity index is 1.36. The molecule has 1 N–H and O–H groups in total. The van der Waals surface area contributed by atoms with Crippen molar-refractivity contribution in [2.24, 2.45) is 0 Å². The van der Waals surface area contributed by atoms with Crippen molar-refractivity contribution in [3.05, 3.63) is 65.2 Å². The molecular weight excluding hydrogens is 354 g/mol. The van der Waals surface area contributed by atoms with Crippen LogP contribution in [-0.2, 0) is 28.9 Å². The molecular formula is C22H21N3O3. The fourth-order valence-corrected chi connectivity index (χ4v) is 4.66. The fraction of sp³-hybridized carbons (Fsp3) is 0.318. The highest BCUT2D eigenvalue weighted by atomic mass is 16.2. The maximum absolute atomic E-state index is 13.2. The van der Waals surface area contributed by atoms with Crippen LogP contribution in [0.5, 0.6) is 0 Å². The lowest BCUT2D eigenvalue weighted by atomic mass is 9.78. The summed E-state index contributed by atoms with van der Waals surface area (Å²) in [4.78, 5) is 41.4. The van der Waals surface area contributed by atoms with Gasteiger partial charge in [-0.1, -0.05) is 42.5 Å².